The Labute approximate surface area is 117 Å². The topological polar surface area (TPSA) is 26.3 Å². The minimum atomic E-state index is -0.846. The monoisotopic (exact) mass is 270 g/mol. The fourth-order valence-electron chi connectivity index (χ4n) is 1.72. The molecule has 0 spiro atoms. The number of ketones is 1. The van der Waals surface area contributed by atoms with Gasteiger partial charge in [-0.2, -0.15) is 0 Å². The first-order valence-corrected chi connectivity index (χ1v) is 6.27. The Morgan fingerprint density at radius 1 is 1.10 bits per heavy atom. The van der Waals surface area contributed by atoms with Crippen molar-refractivity contribution in [2.45, 2.75) is 6.92 Å². The summed E-state index contributed by atoms with van der Waals surface area (Å²) in [6, 6.07) is 14.3. The van der Waals surface area contributed by atoms with Crippen LogP contribution in [-0.2, 0) is 0 Å². The van der Waals surface area contributed by atoms with Gasteiger partial charge in [-0.05, 0) is 30.7 Å². The molecule has 0 saturated carbocycles. The van der Waals surface area contributed by atoms with Crippen molar-refractivity contribution in [3.63, 3.8) is 0 Å². The smallest absolute Gasteiger partial charge is 0.228 e. The van der Waals surface area contributed by atoms with Crippen molar-refractivity contribution in [1.29, 1.82) is 0 Å². The number of carbonyl (C=O) groups excluding carboxylic acids is 1. The number of aryl methyl sites for hydroxylation is 1. The van der Waals surface area contributed by atoms with E-state index in [1.54, 1.807) is 42.5 Å². The lowest BCUT2D eigenvalue weighted by Gasteiger charge is -2.00. The normalized spacial score (nSPS) is 10.7. The molecule has 0 radical (unpaired) electrons. The minimum absolute atomic E-state index is 0.0471. The molecule has 0 fully saturated rings. The summed E-state index contributed by atoms with van der Waals surface area (Å²) in [4.78, 5) is 11.9. The maximum Gasteiger partial charge on any atom is 0.228 e. The average molecular weight is 270 g/mol. The van der Waals surface area contributed by atoms with E-state index in [0.29, 0.717) is 11.3 Å². The number of halogens is 1. The molecule has 3 heteroatoms. The van der Waals surface area contributed by atoms with Gasteiger partial charge in [-0.3, -0.25) is 4.79 Å². The quantitative estimate of drug-likeness (QED) is 0.601. The summed E-state index contributed by atoms with van der Waals surface area (Å²) < 4.78 is 16.7. The molecule has 0 heterocycles. The first-order chi connectivity index (χ1) is 9.69. The molecule has 2 aromatic rings. The largest absolute Gasteiger partial charge is 0.463 e. The Morgan fingerprint density at radius 2 is 1.75 bits per heavy atom. The van der Waals surface area contributed by atoms with Crippen LogP contribution in [0, 0.1) is 6.92 Å². The number of hydrogen-bond acceptors (Lipinski definition) is 2. The van der Waals surface area contributed by atoms with E-state index in [-0.39, 0.29) is 5.78 Å². The van der Waals surface area contributed by atoms with Crippen molar-refractivity contribution in [2.75, 3.05) is 6.86 Å². The maximum absolute atomic E-state index is 12.0. The number of rotatable bonds is 5. The van der Waals surface area contributed by atoms with E-state index in [1.165, 1.54) is 6.08 Å². The molecule has 0 amide bonds. The predicted octanol–water partition coefficient (Wildman–Crippen LogP) is 4.20. The van der Waals surface area contributed by atoms with Gasteiger partial charge in [-0.25, -0.2) is 4.39 Å². The number of ether oxygens (including phenoxy) is 1. The lowest BCUT2D eigenvalue weighted by Crippen LogP contribution is -1.93. The first kappa shape index (κ1) is 14.0. The molecule has 0 aliphatic carbocycles. The van der Waals surface area contributed by atoms with Gasteiger partial charge < -0.3 is 4.74 Å². The second kappa shape index (κ2) is 6.66. The van der Waals surface area contributed by atoms with Crippen LogP contribution >= 0.6 is 0 Å². The summed E-state index contributed by atoms with van der Waals surface area (Å²) in [5, 5.41) is 0. The Hall–Kier alpha value is -2.42. The molecular formula is C17H15FO2. The SMILES string of the molecule is Cc1ccc(C(=O)C=Cc2ccc(OCF)cc2)cc1. The van der Waals surface area contributed by atoms with E-state index in [9.17, 15) is 9.18 Å². The summed E-state index contributed by atoms with van der Waals surface area (Å²) >= 11 is 0. The molecular weight excluding hydrogens is 255 g/mol. The Balaban J connectivity index is 2.04. The fraction of sp³-hybridized carbons (Fsp3) is 0.118. The predicted molar refractivity (Wildman–Crippen MR) is 77.6 cm³/mol. The lowest BCUT2D eigenvalue weighted by atomic mass is 10.1. The second-order valence-electron chi connectivity index (χ2n) is 4.39. The van der Waals surface area contributed by atoms with Gasteiger partial charge in [0.1, 0.15) is 5.75 Å². The van der Waals surface area contributed by atoms with Crippen LogP contribution in [-0.4, -0.2) is 12.6 Å². The van der Waals surface area contributed by atoms with Crippen LogP contribution in [0.1, 0.15) is 21.5 Å². The molecule has 0 atom stereocenters. The third-order valence-electron chi connectivity index (χ3n) is 2.86. The number of benzene rings is 2. The van der Waals surface area contributed by atoms with Crippen LogP contribution < -0.4 is 4.74 Å². The van der Waals surface area contributed by atoms with Crippen molar-refractivity contribution in [1.82, 2.24) is 0 Å². The van der Waals surface area contributed by atoms with Crippen molar-refractivity contribution < 1.29 is 13.9 Å². The Morgan fingerprint density at radius 3 is 2.35 bits per heavy atom. The van der Waals surface area contributed by atoms with Crippen LogP contribution in [0.3, 0.4) is 0 Å². The number of allylic oxidation sites excluding steroid dienone is 1. The van der Waals surface area contributed by atoms with Crippen molar-refractivity contribution in [3.05, 3.63) is 71.3 Å². The summed E-state index contributed by atoms with van der Waals surface area (Å²) in [5.74, 6) is 0.420. The van der Waals surface area contributed by atoms with E-state index in [4.69, 9.17) is 4.74 Å². The van der Waals surface area contributed by atoms with Gasteiger partial charge in [0.15, 0.2) is 5.78 Å². The average Bonchev–Trinajstić information content (AvgIpc) is 2.47. The zero-order valence-electron chi connectivity index (χ0n) is 11.2. The highest BCUT2D eigenvalue weighted by Gasteiger charge is 2.00. The highest BCUT2D eigenvalue weighted by molar-refractivity contribution is 6.06. The zero-order chi connectivity index (χ0) is 14.4. The molecule has 0 saturated heterocycles. The van der Waals surface area contributed by atoms with E-state index in [2.05, 4.69) is 0 Å². The third kappa shape index (κ3) is 3.79. The molecule has 2 nitrogen and oxygen atoms in total. The van der Waals surface area contributed by atoms with Crippen molar-refractivity contribution >= 4 is 11.9 Å². The van der Waals surface area contributed by atoms with Gasteiger partial charge >= 0.3 is 0 Å². The molecule has 0 unspecified atom stereocenters. The van der Waals surface area contributed by atoms with Crippen LogP contribution in [0.25, 0.3) is 6.08 Å². The first-order valence-electron chi connectivity index (χ1n) is 6.27. The molecule has 0 aliphatic heterocycles. The zero-order valence-corrected chi connectivity index (χ0v) is 11.2. The highest BCUT2D eigenvalue weighted by Crippen LogP contribution is 2.14. The van der Waals surface area contributed by atoms with Crippen LogP contribution in [0.5, 0.6) is 5.75 Å². The fourth-order valence-corrected chi connectivity index (χ4v) is 1.72. The molecule has 0 N–H and O–H groups in total. The molecule has 20 heavy (non-hydrogen) atoms. The summed E-state index contributed by atoms with van der Waals surface area (Å²) in [5.41, 5.74) is 2.63. The summed E-state index contributed by atoms with van der Waals surface area (Å²) in [6.45, 7) is 1.13. The number of alkyl halides is 1. The van der Waals surface area contributed by atoms with E-state index in [1.807, 2.05) is 19.1 Å². The molecule has 0 bridgehead atoms. The van der Waals surface area contributed by atoms with Gasteiger partial charge in [-0.15, -0.1) is 0 Å². The van der Waals surface area contributed by atoms with Crippen LogP contribution in [0.2, 0.25) is 0 Å². The molecule has 0 aromatic heterocycles. The Kier molecular flexibility index (Phi) is 4.66. The van der Waals surface area contributed by atoms with Crippen molar-refractivity contribution in [3.8, 4) is 5.75 Å². The van der Waals surface area contributed by atoms with E-state index < -0.39 is 6.86 Å². The molecule has 102 valence electrons. The third-order valence-corrected chi connectivity index (χ3v) is 2.86. The van der Waals surface area contributed by atoms with E-state index in [0.717, 1.165) is 11.1 Å². The number of carbonyl (C=O) groups is 1. The molecule has 2 rings (SSSR count). The van der Waals surface area contributed by atoms with Gasteiger partial charge in [0.05, 0.1) is 0 Å². The molecule has 2 aromatic carbocycles. The van der Waals surface area contributed by atoms with E-state index >= 15 is 0 Å². The van der Waals surface area contributed by atoms with Gasteiger partial charge in [0, 0.05) is 5.56 Å². The highest BCUT2D eigenvalue weighted by atomic mass is 19.1. The van der Waals surface area contributed by atoms with Gasteiger partial charge in [0.2, 0.25) is 6.86 Å². The summed E-state index contributed by atoms with van der Waals surface area (Å²) in [7, 11) is 0. The molecule has 0 aliphatic rings. The maximum atomic E-state index is 12.0. The van der Waals surface area contributed by atoms with Gasteiger partial charge in [-0.1, -0.05) is 48.0 Å². The van der Waals surface area contributed by atoms with Crippen molar-refractivity contribution in [2.24, 2.45) is 0 Å². The summed E-state index contributed by atoms with van der Waals surface area (Å²) in [6.07, 6.45) is 3.25. The van der Waals surface area contributed by atoms with Crippen LogP contribution in [0.4, 0.5) is 4.39 Å². The number of hydrogen-bond donors (Lipinski definition) is 0. The second-order valence-corrected chi connectivity index (χ2v) is 4.39. The standard InChI is InChI=1S/C17H15FO2/c1-13-2-7-15(8-3-13)17(19)11-6-14-4-9-16(10-5-14)20-12-18/h2-11H,12H2,1H3. The lowest BCUT2D eigenvalue weighted by molar-refractivity contribution is 0.104. The Bertz CT molecular complexity index is 598. The van der Waals surface area contributed by atoms with Gasteiger partial charge in [0.25, 0.3) is 0 Å². The minimum Gasteiger partial charge on any atom is -0.463 e. The van der Waals surface area contributed by atoms with Crippen LogP contribution in [0.15, 0.2) is 54.6 Å².